The largest absolute Gasteiger partial charge is 0.307 e. The molecule has 6 heteroatoms. The van der Waals surface area contributed by atoms with Crippen LogP contribution in [0.3, 0.4) is 0 Å². The predicted octanol–water partition coefficient (Wildman–Crippen LogP) is 0.506. The Labute approximate surface area is 106 Å². The highest BCUT2D eigenvalue weighted by atomic mass is 15.3. The Hall–Kier alpha value is -1.69. The van der Waals surface area contributed by atoms with Crippen molar-refractivity contribution in [2.24, 2.45) is 7.05 Å². The molecule has 1 aliphatic carbocycles. The molecule has 18 heavy (non-hydrogen) atoms. The van der Waals surface area contributed by atoms with Crippen molar-refractivity contribution in [3.8, 4) is 0 Å². The van der Waals surface area contributed by atoms with E-state index in [1.54, 1.807) is 6.33 Å². The Morgan fingerprint density at radius 3 is 3.00 bits per heavy atom. The predicted molar refractivity (Wildman–Crippen MR) is 66.8 cm³/mol. The van der Waals surface area contributed by atoms with Crippen LogP contribution in [0.4, 0.5) is 0 Å². The van der Waals surface area contributed by atoms with Crippen molar-refractivity contribution in [3.05, 3.63) is 30.1 Å². The normalized spacial score (nSPS) is 15.2. The molecular formula is C12H18N6. The first-order chi connectivity index (χ1) is 8.81. The molecule has 1 aliphatic rings. The van der Waals surface area contributed by atoms with Crippen LogP contribution in [0, 0.1) is 0 Å². The van der Waals surface area contributed by atoms with Gasteiger partial charge < -0.3 is 5.32 Å². The summed E-state index contributed by atoms with van der Waals surface area (Å²) in [4.78, 5) is 4.30. The molecule has 1 saturated carbocycles. The Morgan fingerprint density at radius 2 is 2.28 bits per heavy atom. The lowest BCUT2D eigenvalue weighted by Gasteiger charge is -2.05. The summed E-state index contributed by atoms with van der Waals surface area (Å²) < 4.78 is 3.80. The van der Waals surface area contributed by atoms with Crippen LogP contribution in [-0.4, -0.2) is 30.6 Å². The smallest absolute Gasteiger partial charge is 0.140 e. The number of rotatable bonds is 6. The van der Waals surface area contributed by atoms with Crippen molar-refractivity contribution in [2.45, 2.75) is 38.4 Å². The summed E-state index contributed by atoms with van der Waals surface area (Å²) in [5.74, 6) is 1.02. The Morgan fingerprint density at radius 1 is 1.39 bits per heavy atom. The molecule has 0 unspecified atom stereocenters. The van der Waals surface area contributed by atoms with Crippen molar-refractivity contribution >= 4 is 0 Å². The number of nitrogens with one attached hydrogen (secondary N) is 1. The monoisotopic (exact) mass is 246 g/mol. The summed E-state index contributed by atoms with van der Waals surface area (Å²) in [7, 11) is 1.93. The van der Waals surface area contributed by atoms with E-state index >= 15 is 0 Å². The molecule has 1 fully saturated rings. The third kappa shape index (κ3) is 2.76. The summed E-state index contributed by atoms with van der Waals surface area (Å²) in [6.07, 6.45) is 9.10. The van der Waals surface area contributed by atoms with Crippen LogP contribution in [0.15, 0.2) is 18.7 Å². The third-order valence-electron chi connectivity index (χ3n) is 3.19. The molecule has 0 amide bonds. The molecule has 6 nitrogen and oxygen atoms in total. The van der Waals surface area contributed by atoms with Crippen LogP contribution < -0.4 is 5.32 Å². The fraction of sp³-hybridized carbons (Fsp3) is 0.583. The minimum Gasteiger partial charge on any atom is -0.307 e. The van der Waals surface area contributed by atoms with Crippen LogP contribution in [0.5, 0.6) is 0 Å². The maximum absolute atomic E-state index is 4.30. The molecule has 0 bridgehead atoms. The van der Waals surface area contributed by atoms with Gasteiger partial charge in [0.2, 0.25) is 0 Å². The Kier molecular flexibility index (Phi) is 3.10. The molecule has 3 rings (SSSR count). The van der Waals surface area contributed by atoms with Gasteiger partial charge in [-0.3, -0.25) is 4.68 Å². The molecule has 0 atom stereocenters. The lowest BCUT2D eigenvalue weighted by Crippen LogP contribution is -2.19. The standard InChI is InChI=1S/C12H18N6/c1-17-8-10(6-15-17)4-5-18-12(14-9-16-18)7-13-11-2-3-11/h6,8-9,11,13H,2-5,7H2,1H3. The first kappa shape index (κ1) is 11.4. The quantitative estimate of drug-likeness (QED) is 0.806. The van der Waals surface area contributed by atoms with Gasteiger partial charge in [0.25, 0.3) is 0 Å². The maximum Gasteiger partial charge on any atom is 0.140 e. The van der Waals surface area contributed by atoms with E-state index in [1.165, 1.54) is 18.4 Å². The second-order valence-corrected chi connectivity index (χ2v) is 4.83. The van der Waals surface area contributed by atoms with E-state index in [1.807, 2.05) is 28.8 Å². The maximum atomic E-state index is 4.30. The van der Waals surface area contributed by atoms with Gasteiger partial charge in [0.15, 0.2) is 0 Å². The molecule has 2 aromatic heterocycles. The van der Waals surface area contributed by atoms with Crippen molar-refractivity contribution in [1.29, 1.82) is 0 Å². The van der Waals surface area contributed by atoms with E-state index in [0.717, 1.165) is 25.3 Å². The summed E-state index contributed by atoms with van der Waals surface area (Å²) in [5, 5.41) is 11.9. The van der Waals surface area contributed by atoms with Gasteiger partial charge >= 0.3 is 0 Å². The van der Waals surface area contributed by atoms with Gasteiger partial charge in [-0.1, -0.05) is 0 Å². The van der Waals surface area contributed by atoms with Gasteiger partial charge in [0.05, 0.1) is 12.7 Å². The zero-order valence-corrected chi connectivity index (χ0v) is 10.6. The van der Waals surface area contributed by atoms with Crippen molar-refractivity contribution in [3.63, 3.8) is 0 Å². The number of hydrogen-bond donors (Lipinski definition) is 1. The summed E-state index contributed by atoms with van der Waals surface area (Å²) in [5.41, 5.74) is 1.23. The van der Waals surface area contributed by atoms with Crippen molar-refractivity contribution < 1.29 is 0 Å². The van der Waals surface area contributed by atoms with Crippen LogP contribution in [0.1, 0.15) is 24.2 Å². The number of nitrogens with zero attached hydrogens (tertiary/aromatic N) is 5. The lowest BCUT2D eigenvalue weighted by atomic mass is 10.2. The number of hydrogen-bond acceptors (Lipinski definition) is 4. The summed E-state index contributed by atoms with van der Waals surface area (Å²) >= 11 is 0. The van der Waals surface area contributed by atoms with E-state index in [2.05, 4.69) is 20.5 Å². The van der Waals surface area contributed by atoms with Crippen LogP contribution in [-0.2, 0) is 26.6 Å². The number of aromatic nitrogens is 5. The van der Waals surface area contributed by atoms with Gasteiger partial charge in [0.1, 0.15) is 12.2 Å². The molecule has 0 spiro atoms. The zero-order valence-electron chi connectivity index (χ0n) is 10.6. The molecular weight excluding hydrogens is 228 g/mol. The van der Waals surface area contributed by atoms with Crippen LogP contribution >= 0.6 is 0 Å². The highest BCUT2D eigenvalue weighted by Crippen LogP contribution is 2.18. The van der Waals surface area contributed by atoms with Crippen LogP contribution in [0.25, 0.3) is 0 Å². The van der Waals surface area contributed by atoms with E-state index in [-0.39, 0.29) is 0 Å². The molecule has 1 N–H and O–H groups in total. The zero-order chi connectivity index (χ0) is 12.4. The van der Waals surface area contributed by atoms with Gasteiger partial charge in [-0.05, 0) is 24.8 Å². The SMILES string of the molecule is Cn1cc(CCn2ncnc2CNC2CC2)cn1. The second-order valence-electron chi connectivity index (χ2n) is 4.83. The molecule has 96 valence electrons. The minimum atomic E-state index is 0.702. The lowest BCUT2D eigenvalue weighted by molar-refractivity contribution is 0.548. The molecule has 0 radical (unpaired) electrons. The van der Waals surface area contributed by atoms with Crippen molar-refractivity contribution in [2.75, 3.05) is 0 Å². The molecule has 2 aromatic rings. The first-order valence-corrected chi connectivity index (χ1v) is 6.39. The Balaban J connectivity index is 1.56. The molecule has 0 aromatic carbocycles. The highest BCUT2D eigenvalue weighted by molar-refractivity contribution is 5.03. The van der Waals surface area contributed by atoms with Gasteiger partial charge in [-0.25, -0.2) is 9.67 Å². The minimum absolute atomic E-state index is 0.702. The Bertz CT molecular complexity index is 510. The second kappa shape index (κ2) is 4.89. The number of aryl methyl sites for hydroxylation is 3. The van der Waals surface area contributed by atoms with Crippen molar-refractivity contribution in [1.82, 2.24) is 29.9 Å². The third-order valence-corrected chi connectivity index (χ3v) is 3.19. The first-order valence-electron chi connectivity index (χ1n) is 6.39. The van der Waals surface area contributed by atoms with E-state index in [9.17, 15) is 0 Å². The van der Waals surface area contributed by atoms with Gasteiger partial charge in [0, 0.05) is 25.8 Å². The van der Waals surface area contributed by atoms with Gasteiger partial charge in [-0.15, -0.1) is 0 Å². The fourth-order valence-corrected chi connectivity index (χ4v) is 1.97. The van der Waals surface area contributed by atoms with E-state index in [0.29, 0.717) is 6.04 Å². The topological polar surface area (TPSA) is 60.6 Å². The molecule has 2 heterocycles. The van der Waals surface area contributed by atoms with Crippen LogP contribution in [0.2, 0.25) is 0 Å². The summed E-state index contributed by atoms with van der Waals surface area (Å²) in [6.45, 7) is 1.67. The summed E-state index contributed by atoms with van der Waals surface area (Å²) in [6, 6.07) is 0.702. The van der Waals surface area contributed by atoms with E-state index < -0.39 is 0 Å². The molecule has 0 saturated heterocycles. The van der Waals surface area contributed by atoms with Gasteiger partial charge in [-0.2, -0.15) is 10.2 Å². The fourth-order valence-electron chi connectivity index (χ4n) is 1.97. The highest BCUT2D eigenvalue weighted by Gasteiger charge is 2.20. The molecule has 0 aliphatic heterocycles. The average molecular weight is 246 g/mol. The average Bonchev–Trinajstić information content (AvgIpc) is 2.93. The van der Waals surface area contributed by atoms with E-state index in [4.69, 9.17) is 0 Å².